The molecule has 4 saturated heterocycles. The van der Waals surface area contributed by atoms with Gasteiger partial charge in [0.1, 0.15) is 32.7 Å². The monoisotopic (exact) mass is 808 g/mol. The maximum atomic E-state index is 12.7. The fourth-order valence-corrected chi connectivity index (χ4v) is 22.2. The van der Waals surface area contributed by atoms with Crippen molar-refractivity contribution in [1.82, 2.24) is 25.3 Å². The van der Waals surface area contributed by atoms with E-state index >= 15 is 0 Å². The highest BCUT2D eigenvalue weighted by molar-refractivity contribution is 7.22. The Labute approximate surface area is 332 Å². The topological polar surface area (TPSA) is 150 Å². The molecule has 55 heavy (non-hydrogen) atoms. The molecule has 0 atom stereocenters. The van der Waals surface area contributed by atoms with Gasteiger partial charge in [-0.05, 0) is 37.8 Å². The van der Waals surface area contributed by atoms with E-state index in [-0.39, 0.29) is 11.6 Å². The van der Waals surface area contributed by atoms with Gasteiger partial charge in [0.2, 0.25) is 0 Å². The largest absolute Gasteiger partial charge is 0.477 e. The predicted molar refractivity (Wildman–Crippen MR) is 232 cm³/mol. The quantitative estimate of drug-likeness (QED) is 0.109. The van der Waals surface area contributed by atoms with Crippen LogP contribution in [0.1, 0.15) is 72.3 Å². The van der Waals surface area contributed by atoms with Crippen molar-refractivity contribution in [3.05, 3.63) is 84.2 Å². The van der Waals surface area contributed by atoms with Gasteiger partial charge in [0.25, 0.3) is 5.91 Å². The van der Waals surface area contributed by atoms with Gasteiger partial charge >= 0.3 is 5.97 Å². The number of nitrogens with zero attached hydrogens (tertiary/aromatic N) is 2. The normalized spacial score (nSPS) is 20.3. The van der Waals surface area contributed by atoms with Crippen LogP contribution in [0.25, 0.3) is 41.8 Å². The summed E-state index contributed by atoms with van der Waals surface area (Å²) in [5, 5.41) is 14.0. The molecule has 6 aromatic rings. The number of carboxylic acids is 1. The highest BCUT2D eigenvalue weighted by Gasteiger charge is 2.40. The molecular weight excluding hydrogens is 757 g/mol. The van der Waals surface area contributed by atoms with Crippen molar-refractivity contribution in [3.63, 3.8) is 0 Å². The number of rotatable bonds is 5. The zero-order chi connectivity index (χ0) is 37.8. The molecule has 6 N–H and O–H groups in total. The first-order valence-corrected chi connectivity index (χ1v) is 27.4. The Hall–Kier alpha value is -3.89. The predicted octanol–water partition coefficient (Wildman–Crippen LogP) is 10.8. The third kappa shape index (κ3) is 8.91. The zero-order valence-corrected chi connectivity index (χ0v) is 35.1. The van der Waals surface area contributed by atoms with Crippen molar-refractivity contribution in [1.29, 1.82) is 0 Å². The first-order valence-electron chi connectivity index (χ1n) is 20.2. The van der Waals surface area contributed by atoms with E-state index in [0.717, 1.165) is 36.2 Å². The molecule has 4 aliphatic rings. The van der Waals surface area contributed by atoms with E-state index in [2.05, 4.69) is 37.4 Å². The van der Waals surface area contributed by atoms with Crippen LogP contribution in [0, 0.1) is 0 Å². The van der Waals surface area contributed by atoms with Gasteiger partial charge in [-0.1, -0.05) is 135 Å². The number of thiazole rings is 2. The summed E-state index contributed by atoms with van der Waals surface area (Å²) < 4.78 is 1.90. The highest BCUT2D eigenvalue weighted by Crippen LogP contribution is 2.43. The number of hydrogen-bond donors (Lipinski definition) is 5. The van der Waals surface area contributed by atoms with Crippen LogP contribution < -0.4 is 11.1 Å². The molecule has 4 aliphatic heterocycles. The van der Waals surface area contributed by atoms with Gasteiger partial charge in [0.15, 0.2) is 0 Å². The molecule has 2 aromatic carbocycles. The molecule has 288 valence electrons. The molecule has 8 heterocycles. The van der Waals surface area contributed by atoms with E-state index in [1.54, 1.807) is 54.4 Å². The van der Waals surface area contributed by atoms with Crippen LogP contribution in [0.3, 0.4) is 0 Å². The molecule has 1 amide bonds. The number of benzene rings is 2. The van der Waals surface area contributed by atoms with Crippen molar-refractivity contribution in [2.45, 2.75) is 112 Å². The smallest absolute Gasteiger partial charge is 0.352 e. The summed E-state index contributed by atoms with van der Waals surface area (Å²) in [6.07, 6.45) is 11.1. The molecule has 0 bridgehead atoms. The Balaban J connectivity index is 0.000000130. The summed E-state index contributed by atoms with van der Waals surface area (Å²) in [5.41, 5.74) is 10.3. The number of aromatic carboxylic acids is 1. The van der Waals surface area contributed by atoms with Gasteiger partial charge in [0.05, 0.1) is 25.5 Å². The number of H-pyrrole nitrogens is 2. The van der Waals surface area contributed by atoms with Crippen molar-refractivity contribution >= 4 is 71.4 Å². The number of amides is 1. The maximum Gasteiger partial charge on any atom is 0.352 e. The van der Waals surface area contributed by atoms with E-state index in [1.807, 2.05) is 54.6 Å². The van der Waals surface area contributed by atoms with Crippen LogP contribution in [-0.4, -0.2) is 65.2 Å². The minimum atomic E-state index is -0.962. The minimum absolute atomic E-state index is 0.0236. The molecule has 4 aromatic heterocycles. The lowest BCUT2D eigenvalue weighted by Crippen LogP contribution is -2.43. The second-order valence-electron chi connectivity index (χ2n) is 16.4. The fourth-order valence-electron chi connectivity index (χ4n) is 9.41. The SMILES string of the molecule is NC1CC[Si]2(CCCC2)CC1.O=C(NC1CC[Si]2(CCCC2)CC1)c1cc2sc(-c3ccccc3)nc2[nH]1.O=C(O)c1cc2sc(-c3ccccc3)nc2[nH]1. The van der Waals surface area contributed by atoms with Crippen molar-refractivity contribution in [2.24, 2.45) is 5.73 Å². The van der Waals surface area contributed by atoms with Gasteiger partial charge in [-0.2, -0.15) is 0 Å². The summed E-state index contributed by atoms with van der Waals surface area (Å²) >= 11 is 3.11. The first-order chi connectivity index (χ1) is 26.8. The fraction of sp³-hybridized carbons (Fsp3) is 0.429. The Bertz CT molecular complexity index is 2140. The molecule has 0 saturated carbocycles. The average molecular weight is 809 g/mol. The lowest BCUT2D eigenvalue weighted by molar-refractivity contribution is 0.0691. The standard InChI is InChI=1S/C21H25N3OSSi.C12H8N2O2S.C9H19NSi/c25-20(22-16-8-12-27(13-9-16)10-4-5-11-27)17-14-18-19(23-17)24-21(26-18)15-6-2-1-3-7-15;15-12(16)8-6-9-10(13-8)14-11(17-9)7-4-2-1-3-5-7;10-9-3-7-11(8-4-9)5-1-2-6-11/h1-3,6-7,14,16,23H,4-5,8-13H2,(H,22,25);1-6,13H,(H,15,16);9H,1-8,10H2. The van der Waals surface area contributed by atoms with E-state index in [9.17, 15) is 9.59 Å². The van der Waals surface area contributed by atoms with Crippen LogP contribution in [-0.2, 0) is 0 Å². The van der Waals surface area contributed by atoms with Crippen LogP contribution >= 0.6 is 22.7 Å². The van der Waals surface area contributed by atoms with Crippen LogP contribution in [0.4, 0.5) is 0 Å². The number of aromatic nitrogens is 4. The molecular formula is C42H52N6O3S2Si2. The Morgan fingerprint density at radius 1 is 0.655 bits per heavy atom. The Kier molecular flexibility index (Phi) is 11.5. The van der Waals surface area contributed by atoms with Crippen molar-refractivity contribution in [2.75, 3.05) is 0 Å². The van der Waals surface area contributed by atoms with E-state index < -0.39 is 22.1 Å². The molecule has 0 radical (unpaired) electrons. The van der Waals surface area contributed by atoms with Crippen LogP contribution in [0.2, 0.25) is 48.4 Å². The number of carbonyl (C=O) groups excluding carboxylic acids is 1. The van der Waals surface area contributed by atoms with Gasteiger partial charge < -0.3 is 26.1 Å². The number of carboxylic acid groups (broad SMARTS) is 1. The molecule has 9 nitrogen and oxygen atoms in total. The first kappa shape index (κ1) is 38.0. The van der Waals surface area contributed by atoms with Crippen LogP contribution in [0.5, 0.6) is 0 Å². The second-order valence-corrected chi connectivity index (χ2v) is 28.4. The summed E-state index contributed by atoms with van der Waals surface area (Å²) in [6, 6.07) is 36.8. The summed E-state index contributed by atoms with van der Waals surface area (Å²) in [6.45, 7) is 0. The molecule has 0 aliphatic carbocycles. The average Bonchev–Trinajstić information content (AvgIpc) is 4.06. The molecule has 2 spiro atoms. The number of aromatic amines is 2. The molecule has 10 rings (SSSR count). The van der Waals surface area contributed by atoms with E-state index in [0.29, 0.717) is 23.4 Å². The van der Waals surface area contributed by atoms with Crippen LogP contribution in [0.15, 0.2) is 72.8 Å². The van der Waals surface area contributed by atoms with E-state index in [4.69, 9.17) is 10.8 Å². The summed E-state index contributed by atoms with van der Waals surface area (Å²) in [5.74, 6) is -0.938. The van der Waals surface area contributed by atoms with Crippen molar-refractivity contribution in [3.8, 4) is 21.1 Å². The number of carbonyl (C=O) groups is 2. The van der Waals surface area contributed by atoms with Gasteiger partial charge in [-0.3, -0.25) is 4.79 Å². The number of hydrogen-bond acceptors (Lipinski definition) is 7. The Morgan fingerprint density at radius 3 is 1.55 bits per heavy atom. The second kappa shape index (κ2) is 16.7. The van der Waals surface area contributed by atoms with Gasteiger partial charge in [-0.25, -0.2) is 14.8 Å². The number of nitrogens with one attached hydrogen (secondary N) is 3. The highest BCUT2D eigenvalue weighted by atomic mass is 32.1. The number of fused-ring (bicyclic) bond motifs is 2. The minimum Gasteiger partial charge on any atom is -0.477 e. The number of nitrogens with two attached hydrogens (primary N) is 1. The summed E-state index contributed by atoms with van der Waals surface area (Å²) in [7, 11) is -1.55. The zero-order valence-electron chi connectivity index (χ0n) is 31.4. The van der Waals surface area contributed by atoms with Gasteiger partial charge in [-0.15, -0.1) is 22.7 Å². The molecule has 0 unspecified atom stereocenters. The molecule has 4 fully saturated rings. The van der Waals surface area contributed by atoms with Gasteiger partial charge in [0, 0.05) is 23.2 Å². The molecule has 13 heteroatoms. The lowest BCUT2D eigenvalue weighted by atomic mass is 10.1. The maximum absolute atomic E-state index is 12.7. The third-order valence-electron chi connectivity index (χ3n) is 12.7. The summed E-state index contributed by atoms with van der Waals surface area (Å²) in [4.78, 5) is 38.5. The van der Waals surface area contributed by atoms with Crippen molar-refractivity contribution < 1.29 is 14.7 Å². The Morgan fingerprint density at radius 2 is 1.09 bits per heavy atom. The van der Waals surface area contributed by atoms with E-state index in [1.165, 1.54) is 74.0 Å². The third-order valence-corrected chi connectivity index (χ3v) is 25.8. The lowest BCUT2D eigenvalue weighted by Gasteiger charge is -2.35.